The van der Waals surface area contributed by atoms with Gasteiger partial charge in [0, 0.05) is 34.1 Å². The summed E-state index contributed by atoms with van der Waals surface area (Å²) in [6.45, 7) is 12.2. The Morgan fingerprint density at radius 3 is 2.25 bits per heavy atom. The summed E-state index contributed by atoms with van der Waals surface area (Å²) in [6, 6.07) is 15.0. The molecule has 1 aliphatic rings. The van der Waals surface area contributed by atoms with Crippen molar-refractivity contribution in [2.75, 3.05) is 12.4 Å². The second kappa shape index (κ2) is 11.1. The maximum atomic E-state index is 13.5. The van der Waals surface area contributed by atoms with Gasteiger partial charge >= 0.3 is 5.97 Å². The van der Waals surface area contributed by atoms with Gasteiger partial charge in [0.2, 0.25) is 10.0 Å². The summed E-state index contributed by atoms with van der Waals surface area (Å²) in [7, 11) is -2.49. The van der Waals surface area contributed by atoms with Crippen molar-refractivity contribution in [2.24, 2.45) is 0 Å². The quantitative estimate of drug-likeness (QED) is 0.337. The van der Waals surface area contributed by atoms with E-state index in [1.165, 1.54) is 47.0 Å². The van der Waals surface area contributed by atoms with E-state index in [1.54, 1.807) is 0 Å². The molecule has 1 aromatic heterocycles. The Morgan fingerprint density at radius 1 is 1.05 bits per heavy atom. The van der Waals surface area contributed by atoms with Gasteiger partial charge in [-0.1, -0.05) is 30.3 Å². The third kappa shape index (κ3) is 6.00. The number of nitrogens with one attached hydrogen (secondary N) is 2. The van der Waals surface area contributed by atoms with E-state index >= 15 is 0 Å². The summed E-state index contributed by atoms with van der Waals surface area (Å²) in [5.41, 5.74) is 1.73. The molecule has 2 heterocycles. The Kier molecular flexibility index (Phi) is 8.29. The largest absolute Gasteiger partial charge is 0.465 e. The second-order valence-corrected chi connectivity index (χ2v) is 14.4. The van der Waals surface area contributed by atoms with Crippen LogP contribution in [0.3, 0.4) is 0 Å². The number of anilines is 1. The molecule has 0 atom stereocenters. The summed E-state index contributed by atoms with van der Waals surface area (Å²) in [6.07, 6.45) is 0.602. The third-order valence-electron chi connectivity index (χ3n) is 6.94. The van der Waals surface area contributed by atoms with Crippen molar-refractivity contribution in [2.45, 2.75) is 76.5 Å². The topological polar surface area (TPSA) is 105 Å². The summed E-state index contributed by atoms with van der Waals surface area (Å²) in [5, 5.41) is 6.91. The monoisotopic (exact) mass is 583 g/mol. The summed E-state index contributed by atoms with van der Waals surface area (Å²) < 4.78 is 33.5. The summed E-state index contributed by atoms with van der Waals surface area (Å²) in [4.78, 5) is 27.2. The van der Waals surface area contributed by atoms with Gasteiger partial charge in [-0.05, 0) is 83.4 Å². The number of hydrogen-bond acceptors (Lipinski definition) is 7. The molecular formula is C30H37N3O5S2. The van der Waals surface area contributed by atoms with Crippen molar-refractivity contribution < 1.29 is 22.7 Å². The van der Waals surface area contributed by atoms with Crippen LogP contribution in [0.5, 0.6) is 0 Å². The van der Waals surface area contributed by atoms with Crippen LogP contribution in [0.15, 0.2) is 59.5 Å². The molecule has 40 heavy (non-hydrogen) atoms. The zero-order valence-corrected chi connectivity index (χ0v) is 25.6. The lowest BCUT2D eigenvalue weighted by molar-refractivity contribution is 0.0600. The van der Waals surface area contributed by atoms with E-state index in [-0.39, 0.29) is 28.6 Å². The molecule has 0 saturated heterocycles. The van der Waals surface area contributed by atoms with Gasteiger partial charge in [0.1, 0.15) is 5.00 Å². The highest BCUT2D eigenvalue weighted by Gasteiger charge is 2.42. The minimum Gasteiger partial charge on any atom is -0.465 e. The first kappa shape index (κ1) is 29.9. The van der Waals surface area contributed by atoms with E-state index in [9.17, 15) is 18.0 Å². The van der Waals surface area contributed by atoms with Crippen LogP contribution >= 0.6 is 11.3 Å². The van der Waals surface area contributed by atoms with Crippen LogP contribution in [0, 0.1) is 0 Å². The Morgan fingerprint density at radius 2 is 1.68 bits per heavy atom. The standard InChI is InChI=1S/C30H37N3O5S2/c1-19(2)33(18-20-11-9-8-10-12-20)40(36,37)22-15-13-21(14-16-22)26(34)31-27-24(28(35)38-7)23-17-29(3,4)32-30(5,6)25(23)39-27/h8-16,19,32H,17-18H2,1-7H3,(H,31,34). The number of thiophene rings is 1. The van der Waals surface area contributed by atoms with E-state index in [1.807, 2.05) is 58.0 Å². The number of carbonyl (C=O) groups is 2. The normalized spacial score (nSPS) is 16.0. The van der Waals surface area contributed by atoms with Crippen LogP contribution in [0.1, 0.15) is 78.3 Å². The van der Waals surface area contributed by atoms with Gasteiger partial charge in [-0.3, -0.25) is 4.79 Å². The molecule has 0 aliphatic carbocycles. The molecule has 2 N–H and O–H groups in total. The lowest BCUT2D eigenvalue weighted by Gasteiger charge is -2.42. The Hall–Kier alpha value is -3.05. The van der Waals surface area contributed by atoms with Crippen LogP contribution in [-0.2, 0) is 33.3 Å². The molecule has 3 aromatic rings. The minimum absolute atomic E-state index is 0.102. The highest BCUT2D eigenvalue weighted by atomic mass is 32.2. The summed E-state index contributed by atoms with van der Waals surface area (Å²) >= 11 is 1.35. The molecular weight excluding hydrogens is 546 g/mol. The molecule has 4 rings (SSSR count). The van der Waals surface area contributed by atoms with Crippen molar-refractivity contribution in [1.82, 2.24) is 9.62 Å². The van der Waals surface area contributed by atoms with E-state index in [4.69, 9.17) is 4.74 Å². The first-order valence-corrected chi connectivity index (χ1v) is 15.4. The van der Waals surface area contributed by atoms with Crippen molar-refractivity contribution in [3.05, 3.63) is 81.7 Å². The Labute approximate surface area is 240 Å². The number of esters is 1. The van der Waals surface area contributed by atoms with Crippen molar-refractivity contribution in [3.8, 4) is 0 Å². The number of hydrogen-bond donors (Lipinski definition) is 2. The van der Waals surface area contributed by atoms with E-state index in [2.05, 4.69) is 24.5 Å². The highest BCUT2D eigenvalue weighted by Crippen LogP contribution is 2.45. The number of rotatable bonds is 8. The fourth-order valence-corrected chi connectivity index (χ4v) is 8.22. The van der Waals surface area contributed by atoms with Crippen molar-refractivity contribution in [3.63, 3.8) is 0 Å². The Balaban J connectivity index is 1.61. The first-order valence-electron chi connectivity index (χ1n) is 13.2. The molecule has 0 fully saturated rings. The van der Waals surface area contributed by atoms with E-state index < -0.39 is 27.4 Å². The van der Waals surface area contributed by atoms with Gasteiger partial charge in [0.05, 0.1) is 17.6 Å². The van der Waals surface area contributed by atoms with Crippen LogP contribution in [0.2, 0.25) is 0 Å². The summed E-state index contributed by atoms with van der Waals surface area (Å²) in [5.74, 6) is -0.947. The zero-order chi connectivity index (χ0) is 29.5. The number of sulfonamides is 1. The van der Waals surface area contributed by atoms with E-state index in [0.29, 0.717) is 17.0 Å². The number of nitrogens with zero attached hydrogens (tertiary/aromatic N) is 1. The van der Waals surface area contributed by atoms with Crippen LogP contribution in [0.4, 0.5) is 5.00 Å². The van der Waals surface area contributed by atoms with Gasteiger partial charge < -0.3 is 15.4 Å². The maximum Gasteiger partial charge on any atom is 0.341 e. The predicted octanol–water partition coefficient (Wildman–Crippen LogP) is 5.55. The van der Waals surface area contributed by atoms with Gasteiger partial charge in [0.15, 0.2) is 0 Å². The van der Waals surface area contributed by atoms with Crippen molar-refractivity contribution in [1.29, 1.82) is 0 Å². The minimum atomic E-state index is -3.81. The maximum absolute atomic E-state index is 13.5. The SMILES string of the molecule is COC(=O)c1c(NC(=O)c2ccc(S(=O)(=O)N(Cc3ccccc3)C(C)C)cc2)sc2c1CC(C)(C)NC2(C)C. The molecule has 0 saturated carbocycles. The molecule has 0 bridgehead atoms. The average Bonchev–Trinajstić information content (AvgIpc) is 3.24. The third-order valence-corrected chi connectivity index (χ3v) is 10.4. The molecule has 8 nitrogen and oxygen atoms in total. The van der Waals surface area contributed by atoms with E-state index in [0.717, 1.165) is 16.0 Å². The number of benzene rings is 2. The van der Waals surface area contributed by atoms with Gasteiger partial charge in [0.25, 0.3) is 5.91 Å². The number of amides is 1. The fourth-order valence-electron chi connectivity index (χ4n) is 5.33. The molecule has 2 aromatic carbocycles. The van der Waals surface area contributed by atoms with Gasteiger partial charge in [-0.15, -0.1) is 11.3 Å². The molecule has 1 aliphatic heterocycles. The molecule has 214 valence electrons. The zero-order valence-electron chi connectivity index (χ0n) is 24.0. The number of methoxy groups -OCH3 is 1. The highest BCUT2D eigenvalue weighted by molar-refractivity contribution is 7.89. The predicted molar refractivity (Wildman–Crippen MR) is 158 cm³/mol. The molecule has 0 radical (unpaired) electrons. The Bertz CT molecular complexity index is 1510. The van der Waals surface area contributed by atoms with Crippen molar-refractivity contribution >= 4 is 38.2 Å². The lowest BCUT2D eigenvalue weighted by atomic mass is 9.81. The number of fused-ring (bicyclic) bond motifs is 1. The number of carbonyl (C=O) groups excluding carboxylic acids is 2. The smallest absolute Gasteiger partial charge is 0.341 e. The number of ether oxygens (including phenoxy) is 1. The van der Waals surface area contributed by atoms with Gasteiger partial charge in [-0.2, -0.15) is 4.31 Å². The fraction of sp³-hybridized carbons (Fsp3) is 0.400. The molecule has 1 amide bonds. The first-order chi connectivity index (χ1) is 18.7. The lowest BCUT2D eigenvalue weighted by Crippen LogP contribution is -2.55. The second-order valence-electron chi connectivity index (χ2n) is 11.5. The van der Waals surface area contributed by atoms with Gasteiger partial charge in [-0.25, -0.2) is 13.2 Å². The molecule has 0 spiro atoms. The van der Waals surface area contributed by atoms with Crippen LogP contribution in [0.25, 0.3) is 0 Å². The molecule has 0 unspecified atom stereocenters. The van der Waals surface area contributed by atoms with Crippen LogP contribution < -0.4 is 10.6 Å². The van der Waals surface area contributed by atoms with Crippen LogP contribution in [-0.4, -0.2) is 43.3 Å². The average molecular weight is 584 g/mol. The molecule has 10 heteroatoms.